The van der Waals surface area contributed by atoms with Crippen molar-refractivity contribution < 1.29 is 24.3 Å². The molecule has 4 atom stereocenters. The molecule has 0 spiro atoms. The molecule has 0 saturated carbocycles. The Balaban J connectivity index is 2.97. The van der Waals surface area contributed by atoms with Gasteiger partial charge in [-0.25, -0.2) is 4.79 Å². The van der Waals surface area contributed by atoms with Gasteiger partial charge in [-0.2, -0.15) is 12.6 Å². The summed E-state index contributed by atoms with van der Waals surface area (Å²) in [4.78, 5) is 49.9. The van der Waals surface area contributed by atoms with E-state index in [4.69, 9.17) is 5.73 Å². The quantitative estimate of drug-likeness (QED) is 0.213. The fraction of sp³-hybridized carbons (Fsp3) is 0.583. The maximum Gasteiger partial charge on any atom is 0.326 e. The lowest BCUT2D eigenvalue weighted by Crippen LogP contribution is -2.58. The van der Waals surface area contributed by atoms with Gasteiger partial charge in [-0.1, -0.05) is 58.0 Å². The fourth-order valence-electron chi connectivity index (χ4n) is 3.38. The Morgan fingerprint density at radius 1 is 0.824 bits per heavy atom. The second-order valence-electron chi connectivity index (χ2n) is 9.26. The Bertz CT molecular complexity index is 819. The molecule has 4 unspecified atom stereocenters. The molecule has 0 radical (unpaired) electrons. The lowest BCUT2D eigenvalue weighted by atomic mass is 10.0. The average molecular weight is 495 g/mol. The summed E-state index contributed by atoms with van der Waals surface area (Å²) in [6.45, 7) is 7.59. The molecule has 1 aromatic carbocycles. The number of carbonyl (C=O) groups is 4. The highest BCUT2D eigenvalue weighted by Gasteiger charge is 2.30. The number of aliphatic carboxylic acids is 1. The standard InChI is InChI=1S/C24H38N4O5S/c1-14(2)10-17(25)21(29)26-18(12-16-8-6-5-7-9-16)22(30)28-20(13-34)23(31)27-19(24(32)33)11-15(3)4/h5-9,14-15,17-20,34H,10-13,25H2,1-4H3,(H,26,29)(H,27,31)(H,28,30)(H,32,33). The minimum absolute atomic E-state index is 0.0472. The Morgan fingerprint density at radius 3 is 1.82 bits per heavy atom. The minimum atomic E-state index is -1.15. The van der Waals surface area contributed by atoms with Gasteiger partial charge < -0.3 is 26.8 Å². The summed E-state index contributed by atoms with van der Waals surface area (Å²) < 4.78 is 0. The van der Waals surface area contributed by atoms with Crippen molar-refractivity contribution in [3.05, 3.63) is 35.9 Å². The van der Waals surface area contributed by atoms with E-state index in [0.717, 1.165) is 5.56 Å². The van der Waals surface area contributed by atoms with Gasteiger partial charge in [-0.15, -0.1) is 0 Å². The van der Waals surface area contributed by atoms with Gasteiger partial charge in [0.2, 0.25) is 17.7 Å². The van der Waals surface area contributed by atoms with Crippen molar-refractivity contribution in [1.29, 1.82) is 0 Å². The lowest BCUT2D eigenvalue weighted by Gasteiger charge is -2.25. The molecule has 190 valence electrons. The largest absolute Gasteiger partial charge is 0.480 e. The summed E-state index contributed by atoms with van der Waals surface area (Å²) in [6.07, 6.45) is 0.896. The van der Waals surface area contributed by atoms with E-state index in [1.54, 1.807) is 0 Å². The number of amides is 3. The molecule has 0 heterocycles. The highest BCUT2D eigenvalue weighted by atomic mass is 32.1. The number of carboxylic acid groups (broad SMARTS) is 1. The van der Waals surface area contributed by atoms with Crippen LogP contribution in [0.3, 0.4) is 0 Å². The molecule has 0 saturated heterocycles. The SMILES string of the molecule is CC(C)CC(N)C(=O)NC(Cc1ccccc1)C(=O)NC(CS)C(=O)NC(CC(C)C)C(=O)O. The molecule has 10 heteroatoms. The van der Waals surface area contributed by atoms with Gasteiger partial charge in [0.25, 0.3) is 0 Å². The van der Waals surface area contributed by atoms with E-state index in [9.17, 15) is 24.3 Å². The molecule has 0 fully saturated rings. The molecule has 0 bridgehead atoms. The topological polar surface area (TPSA) is 151 Å². The zero-order valence-electron chi connectivity index (χ0n) is 20.3. The van der Waals surface area contributed by atoms with Crippen LogP contribution in [0.25, 0.3) is 0 Å². The number of nitrogens with two attached hydrogens (primary N) is 1. The summed E-state index contributed by atoms with van der Waals surface area (Å²) >= 11 is 4.15. The average Bonchev–Trinajstić information content (AvgIpc) is 2.75. The molecule has 34 heavy (non-hydrogen) atoms. The molecule has 1 rings (SSSR count). The third-order valence-electron chi connectivity index (χ3n) is 5.11. The number of nitrogens with one attached hydrogen (secondary N) is 3. The first-order valence-corrected chi connectivity index (χ1v) is 12.1. The Kier molecular flexibility index (Phi) is 12.7. The van der Waals surface area contributed by atoms with E-state index in [1.165, 1.54) is 0 Å². The van der Waals surface area contributed by atoms with Gasteiger partial charge in [-0.05, 0) is 30.2 Å². The predicted octanol–water partition coefficient (Wildman–Crippen LogP) is 1.12. The summed E-state index contributed by atoms with van der Waals surface area (Å²) in [5.41, 5.74) is 6.80. The Hall–Kier alpha value is -2.59. The van der Waals surface area contributed by atoms with Gasteiger partial charge in [0, 0.05) is 12.2 Å². The van der Waals surface area contributed by atoms with E-state index in [2.05, 4.69) is 28.6 Å². The second kappa shape index (κ2) is 14.6. The van der Waals surface area contributed by atoms with Crippen molar-refractivity contribution in [3.63, 3.8) is 0 Å². The maximum absolute atomic E-state index is 13.1. The number of carboxylic acids is 1. The molecule has 0 aliphatic heterocycles. The molecule has 9 nitrogen and oxygen atoms in total. The van der Waals surface area contributed by atoms with Crippen molar-refractivity contribution >= 4 is 36.3 Å². The molecule has 0 aromatic heterocycles. The Labute approximate surface area is 207 Å². The van der Waals surface area contributed by atoms with Crippen LogP contribution >= 0.6 is 12.6 Å². The third kappa shape index (κ3) is 10.6. The lowest BCUT2D eigenvalue weighted by molar-refractivity contribution is -0.142. The zero-order valence-corrected chi connectivity index (χ0v) is 21.2. The van der Waals surface area contributed by atoms with Crippen molar-refractivity contribution in [2.45, 2.75) is 71.1 Å². The summed E-state index contributed by atoms with van der Waals surface area (Å²) in [6, 6.07) is 5.22. The predicted molar refractivity (Wildman–Crippen MR) is 134 cm³/mol. The number of carbonyl (C=O) groups excluding carboxylic acids is 3. The first-order chi connectivity index (χ1) is 15.9. The monoisotopic (exact) mass is 494 g/mol. The summed E-state index contributed by atoms with van der Waals surface area (Å²) in [5.74, 6) is -2.65. The highest BCUT2D eigenvalue weighted by Crippen LogP contribution is 2.08. The van der Waals surface area contributed by atoms with Crippen LogP contribution < -0.4 is 21.7 Å². The van der Waals surface area contributed by atoms with Gasteiger partial charge in [0.15, 0.2) is 0 Å². The Morgan fingerprint density at radius 2 is 1.32 bits per heavy atom. The number of hydrogen-bond donors (Lipinski definition) is 6. The summed E-state index contributed by atoms with van der Waals surface area (Å²) in [5, 5.41) is 17.1. The van der Waals surface area contributed by atoms with Crippen LogP contribution in [0.15, 0.2) is 30.3 Å². The number of benzene rings is 1. The van der Waals surface area contributed by atoms with Crippen molar-refractivity contribution in [2.75, 3.05) is 5.75 Å². The number of hydrogen-bond acceptors (Lipinski definition) is 6. The van der Waals surface area contributed by atoms with Crippen LogP contribution in [-0.4, -0.2) is 58.7 Å². The zero-order chi connectivity index (χ0) is 25.8. The molecule has 1 aromatic rings. The van der Waals surface area contributed by atoms with Crippen LogP contribution in [0.4, 0.5) is 0 Å². The first-order valence-electron chi connectivity index (χ1n) is 11.5. The van der Waals surface area contributed by atoms with E-state index >= 15 is 0 Å². The second-order valence-corrected chi connectivity index (χ2v) is 9.62. The van der Waals surface area contributed by atoms with Crippen molar-refractivity contribution in [1.82, 2.24) is 16.0 Å². The minimum Gasteiger partial charge on any atom is -0.480 e. The molecule has 3 amide bonds. The molecular weight excluding hydrogens is 456 g/mol. The van der Waals surface area contributed by atoms with Crippen LogP contribution in [0.5, 0.6) is 0 Å². The fourth-order valence-corrected chi connectivity index (χ4v) is 3.64. The van der Waals surface area contributed by atoms with Gasteiger partial charge >= 0.3 is 5.97 Å². The van der Waals surface area contributed by atoms with E-state index in [0.29, 0.717) is 6.42 Å². The summed E-state index contributed by atoms with van der Waals surface area (Å²) in [7, 11) is 0. The van der Waals surface area contributed by atoms with Crippen LogP contribution in [0.2, 0.25) is 0 Å². The van der Waals surface area contributed by atoms with Crippen LogP contribution in [0.1, 0.15) is 46.1 Å². The van der Waals surface area contributed by atoms with E-state index in [1.807, 2.05) is 58.0 Å². The van der Waals surface area contributed by atoms with Gasteiger partial charge in [-0.3, -0.25) is 14.4 Å². The number of thiol groups is 1. The van der Waals surface area contributed by atoms with E-state index in [-0.39, 0.29) is 30.4 Å². The normalized spacial score (nSPS) is 14.7. The van der Waals surface area contributed by atoms with Crippen LogP contribution in [0, 0.1) is 11.8 Å². The molecule has 0 aliphatic rings. The molecule has 0 aliphatic carbocycles. The van der Waals surface area contributed by atoms with Gasteiger partial charge in [0.05, 0.1) is 6.04 Å². The maximum atomic E-state index is 13.1. The van der Waals surface area contributed by atoms with Crippen LogP contribution in [-0.2, 0) is 25.6 Å². The first kappa shape index (κ1) is 29.4. The smallest absolute Gasteiger partial charge is 0.326 e. The third-order valence-corrected chi connectivity index (χ3v) is 5.48. The highest BCUT2D eigenvalue weighted by molar-refractivity contribution is 7.80. The molecule has 6 N–H and O–H groups in total. The van der Waals surface area contributed by atoms with Gasteiger partial charge in [0.1, 0.15) is 18.1 Å². The number of rotatable bonds is 14. The van der Waals surface area contributed by atoms with Crippen molar-refractivity contribution in [2.24, 2.45) is 17.6 Å². The van der Waals surface area contributed by atoms with E-state index < -0.39 is 47.9 Å². The van der Waals surface area contributed by atoms with Crippen molar-refractivity contribution in [3.8, 4) is 0 Å². The molecular formula is C24H38N4O5S.